The Balaban J connectivity index is 1.72. The third kappa shape index (κ3) is 2.04. The van der Waals surface area contributed by atoms with Gasteiger partial charge in [0.05, 0.1) is 5.92 Å². The topological polar surface area (TPSA) is 66.4 Å². The maximum absolute atomic E-state index is 11.8. The normalized spacial score (nSPS) is 47.5. The summed E-state index contributed by atoms with van der Waals surface area (Å²) in [6.45, 7) is 4.45. The summed E-state index contributed by atoms with van der Waals surface area (Å²) in [5, 5.41) is 13.5. The van der Waals surface area contributed by atoms with Crippen molar-refractivity contribution in [3.8, 4) is 0 Å². The van der Waals surface area contributed by atoms with Crippen LogP contribution in [0.3, 0.4) is 0 Å². The Bertz CT molecular complexity index is 645. The van der Waals surface area contributed by atoms with E-state index in [0.29, 0.717) is 24.2 Å². The Morgan fingerprint density at radius 1 is 1.21 bits per heavy atom. The quantitative estimate of drug-likeness (QED) is 0.752. The second kappa shape index (κ2) is 5.23. The molecule has 4 rings (SSSR count). The molecule has 0 radical (unpaired) electrons. The summed E-state index contributed by atoms with van der Waals surface area (Å²) in [6, 6.07) is 0. The van der Waals surface area contributed by atoms with Crippen LogP contribution in [0.15, 0.2) is 10.7 Å². The number of rotatable bonds is 1. The predicted octanol–water partition coefficient (Wildman–Crippen LogP) is 3.90. The summed E-state index contributed by atoms with van der Waals surface area (Å²) in [7, 11) is 0. The number of aliphatic carboxylic acids is 1. The van der Waals surface area contributed by atoms with Crippen LogP contribution >= 0.6 is 11.6 Å². The standard InChI is InChI=1S/C19H26ClNO3/c1-18-7-5-12-10(11(18)3-4-13(18)17(23)24)9-14(20)16-19(12,2)8-6-15(22)21-16/h10-13H,3-9H2,1-2H3,(H,21,22)(H,23,24)/t10-,11-,12-,13+,18-,19+/m0/s1. The summed E-state index contributed by atoms with van der Waals surface area (Å²) in [5.41, 5.74) is 0.796. The zero-order valence-corrected chi connectivity index (χ0v) is 15.2. The van der Waals surface area contributed by atoms with Crippen LogP contribution < -0.4 is 5.32 Å². The fraction of sp³-hybridized carbons (Fsp3) is 0.789. The van der Waals surface area contributed by atoms with Gasteiger partial charge >= 0.3 is 5.97 Å². The van der Waals surface area contributed by atoms with Crippen LogP contribution in [-0.4, -0.2) is 17.0 Å². The van der Waals surface area contributed by atoms with Crippen LogP contribution in [-0.2, 0) is 9.59 Å². The minimum atomic E-state index is -0.632. The first-order valence-electron chi connectivity index (χ1n) is 9.19. The lowest BCUT2D eigenvalue weighted by molar-refractivity contribution is -0.149. The summed E-state index contributed by atoms with van der Waals surface area (Å²) >= 11 is 6.65. The number of halogens is 1. The van der Waals surface area contributed by atoms with Crippen molar-refractivity contribution in [1.29, 1.82) is 0 Å². The number of carbonyl (C=O) groups is 2. The Hall–Kier alpha value is -1.03. The number of piperidine rings is 1. The second-order valence-corrected chi connectivity index (χ2v) is 9.30. The number of allylic oxidation sites excluding steroid dienone is 2. The van der Waals surface area contributed by atoms with Gasteiger partial charge in [-0.05, 0) is 61.7 Å². The van der Waals surface area contributed by atoms with Gasteiger partial charge in [0.2, 0.25) is 5.91 Å². The van der Waals surface area contributed by atoms with E-state index in [4.69, 9.17) is 11.6 Å². The average Bonchev–Trinajstić information content (AvgIpc) is 2.87. The number of carbonyl (C=O) groups excluding carboxylic acids is 1. The predicted molar refractivity (Wildman–Crippen MR) is 91.2 cm³/mol. The number of nitrogens with one attached hydrogen (secondary N) is 1. The van der Waals surface area contributed by atoms with Crippen LogP contribution in [0.2, 0.25) is 0 Å². The Morgan fingerprint density at radius 3 is 2.67 bits per heavy atom. The molecule has 0 bridgehead atoms. The maximum Gasteiger partial charge on any atom is 0.307 e. The van der Waals surface area contributed by atoms with Crippen molar-refractivity contribution >= 4 is 23.5 Å². The van der Waals surface area contributed by atoms with E-state index in [-0.39, 0.29) is 22.7 Å². The molecule has 4 nitrogen and oxygen atoms in total. The molecular formula is C19H26ClNO3. The van der Waals surface area contributed by atoms with Crippen molar-refractivity contribution in [3.05, 3.63) is 10.7 Å². The summed E-state index contributed by atoms with van der Waals surface area (Å²) in [6.07, 6.45) is 6.03. The smallest absolute Gasteiger partial charge is 0.307 e. The molecule has 4 aliphatic rings. The van der Waals surface area contributed by atoms with E-state index in [1.165, 1.54) is 0 Å². The molecule has 24 heavy (non-hydrogen) atoms. The van der Waals surface area contributed by atoms with Crippen LogP contribution in [0.25, 0.3) is 0 Å². The fourth-order valence-electron chi connectivity index (χ4n) is 6.67. The molecule has 0 aromatic carbocycles. The van der Waals surface area contributed by atoms with E-state index in [2.05, 4.69) is 19.2 Å². The van der Waals surface area contributed by atoms with Gasteiger partial charge in [0.25, 0.3) is 0 Å². The minimum absolute atomic E-state index is 0.0590. The molecule has 6 atom stereocenters. The third-order valence-electron chi connectivity index (χ3n) is 7.95. The first-order valence-corrected chi connectivity index (χ1v) is 9.57. The number of amides is 1. The number of hydrogen-bond acceptors (Lipinski definition) is 2. The van der Waals surface area contributed by atoms with Crippen molar-refractivity contribution in [2.24, 2.45) is 34.5 Å². The molecular weight excluding hydrogens is 326 g/mol. The van der Waals surface area contributed by atoms with Gasteiger partial charge in [-0.1, -0.05) is 25.4 Å². The van der Waals surface area contributed by atoms with Gasteiger partial charge in [-0.2, -0.15) is 0 Å². The van der Waals surface area contributed by atoms with Crippen molar-refractivity contribution in [2.45, 2.75) is 58.8 Å². The number of fused-ring (bicyclic) bond motifs is 5. The molecule has 1 heterocycles. The Morgan fingerprint density at radius 2 is 1.96 bits per heavy atom. The highest BCUT2D eigenvalue weighted by Gasteiger charge is 2.61. The van der Waals surface area contributed by atoms with E-state index in [0.717, 1.165) is 49.3 Å². The highest BCUT2D eigenvalue weighted by molar-refractivity contribution is 6.30. The largest absolute Gasteiger partial charge is 0.481 e. The molecule has 5 heteroatoms. The van der Waals surface area contributed by atoms with Gasteiger partial charge in [0, 0.05) is 22.6 Å². The van der Waals surface area contributed by atoms with Gasteiger partial charge in [0.1, 0.15) is 0 Å². The molecule has 0 spiro atoms. The Labute approximate surface area is 148 Å². The SMILES string of the molecule is C[C@]12CC[C@H]3[C@@H](CC(Cl)=C4NC(=O)CC[C@@]43C)[C@@H]1CC[C@@H]2C(=O)O. The van der Waals surface area contributed by atoms with Crippen molar-refractivity contribution in [2.75, 3.05) is 0 Å². The molecule has 132 valence electrons. The molecule has 3 fully saturated rings. The zero-order chi connectivity index (χ0) is 17.3. The highest BCUT2D eigenvalue weighted by atomic mass is 35.5. The lowest BCUT2D eigenvalue weighted by atomic mass is 9.49. The van der Waals surface area contributed by atoms with Crippen molar-refractivity contribution < 1.29 is 14.7 Å². The van der Waals surface area contributed by atoms with E-state index in [1.807, 2.05) is 0 Å². The van der Waals surface area contributed by atoms with Gasteiger partial charge in [0.15, 0.2) is 0 Å². The molecule has 2 N–H and O–H groups in total. The second-order valence-electron chi connectivity index (χ2n) is 8.84. The first-order chi connectivity index (χ1) is 11.3. The van der Waals surface area contributed by atoms with Crippen LogP contribution in [0, 0.1) is 34.5 Å². The van der Waals surface area contributed by atoms with Crippen molar-refractivity contribution in [3.63, 3.8) is 0 Å². The number of carboxylic acids is 1. The van der Waals surface area contributed by atoms with E-state index >= 15 is 0 Å². The minimum Gasteiger partial charge on any atom is -0.481 e. The number of carboxylic acid groups (broad SMARTS) is 1. The molecule has 1 amide bonds. The molecule has 0 unspecified atom stereocenters. The summed E-state index contributed by atoms with van der Waals surface area (Å²) in [5.74, 6) is 0.610. The first kappa shape index (κ1) is 16.4. The molecule has 3 aliphatic carbocycles. The molecule has 0 aromatic heterocycles. The third-order valence-corrected chi connectivity index (χ3v) is 8.29. The average molecular weight is 352 g/mol. The van der Waals surface area contributed by atoms with Gasteiger partial charge in [-0.3, -0.25) is 9.59 Å². The molecule has 1 aliphatic heterocycles. The lowest BCUT2D eigenvalue weighted by Crippen LogP contribution is -2.54. The van der Waals surface area contributed by atoms with E-state index < -0.39 is 5.97 Å². The van der Waals surface area contributed by atoms with Gasteiger partial charge in [-0.15, -0.1) is 0 Å². The van der Waals surface area contributed by atoms with Gasteiger partial charge < -0.3 is 10.4 Å². The Kier molecular flexibility index (Phi) is 3.58. The molecule has 0 aromatic rings. The van der Waals surface area contributed by atoms with E-state index in [9.17, 15) is 14.7 Å². The molecule has 2 saturated carbocycles. The lowest BCUT2D eigenvalue weighted by Gasteiger charge is -2.57. The van der Waals surface area contributed by atoms with E-state index in [1.54, 1.807) is 0 Å². The van der Waals surface area contributed by atoms with Gasteiger partial charge in [-0.25, -0.2) is 0 Å². The highest BCUT2D eigenvalue weighted by Crippen LogP contribution is 2.66. The van der Waals surface area contributed by atoms with Crippen LogP contribution in [0.4, 0.5) is 0 Å². The van der Waals surface area contributed by atoms with Crippen LogP contribution in [0.5, 0.6) is 0 Å². The summed E-state index contributed by atoms with van der Waals surface area (Å²) in [4.78, 5) is 23.6. The fourth-order valence-corrected chi connectivity index (χ4v) is 7.11. The monoisotopic (exact) mass is 351 g/mol. The maximum atomic E-state index is 11.8. The number of hydrogen-bond donors (Lipinski definition) is 2. The van der Waals surface area contributed by atoms with Crippen LogP contribution in [0.1, 0.15) is 58.8 Å². The molecule has 1 saturated heterocycles. The zero-order valence-electron chi connectivity index (χ0n) is 14.4. The van der Waals surface area contributed by atoms with Crippen molar-refractivity contribution in [1.82, 2.24) is 5.32 Å². The summed E-state index contributed by atoms with van der Waals surface area (Å²) < 4.78 is 0.